The Morgan fingerprint density at radius 3 is 2.37 bits per heavy atom. The summed E-state index contributed by atoms with van der Waals surface area (Å²) in [5, 5.41) is 0. The largest absolute Gasteiger partial charge is 0.330 e. The van der Waals surface area contributed by atoms with Gasteiger partial charge in [-0.05, 0) is 56.4 Å². The standard InChI is InChI=1S/C13H25N3O2S/c14-9-10-3-5-16(6-4-10)19(17,18)15-13-8-11-1-2-12(13)7-11/h10-13,15H,1-9,14H2. The fourth-order valence-corrected chi connectivity index (χ4v) is 5.55. The number of nitrogens with one attached hydrogen (secondary N) is 1. The van der Waals surface area contributed by atoms with Gasteiger partial charge in [-0.25, -0.2) is 0 Å². The van der Waals surface area contributed by atoms with Gasteiger partial charge in [0.15, 0.2) is 0 Å². The third kappa shape index (κ3) is 2.82. The average molecular weight is 287 g/mol. The topological polar surface area (TPSA) is 75.4 Å². The minimum absolute atomic E-state index is 0.191. The van der Waals surface area contributed by atoms with Crippen molar-refractivity contribution in [3.8, 4) is 0 Å². The lowest BCUT2D eigenvalue weighted by Crippen LogP contribution is -2.50. The molecule has 3 aliphatic rings. The van der Waals surface area contributed by atoms with Crippen molar-refractivity contribution in [3.05, 3.63) is 0 Å². The van der Waals surface area contributed by atoms with Gasteiger partial charge in [-0.3, -0.25) is 0 Å². The summed E-state index contributed by atoms with van der Waals surface area (Å²) in [4.78, 5) is 0. The van der Waals surface area contributed by atoms with E-state index < -0.39 is 10.2 Å². The maximum Gasteiger partial charge on any atom is 0.279 e. The second kappa shape index (κ2) is 5.31. The summed E-state index contributed by atoms with van der Waals surface area (Å²) in [6.45, 7) is 1.92. The molecule has 3 unspecified atom stereocenters. The SMILES string of the molecule is NCC1CCN(S(=O)(=O)NC2CC3CCC2C3)CC1. The summed E-state index contributed by atoms with van der Waals surface area (Å²) in [6, 6.07) is 0.191. The van der Waals surface area contributed by atoms with E-state index in [9.17, 15) is 8.42 Å². The second-order valence-electron chi connectivity index (χ2n) is 6.48. The van der Waals surface area contributed by atoms with E-state index in [2.05, 4.69) is 4.72 Å². The smallest absolute Gasteiger partial charge is 0.279 e. The van der Waals surface area contributed by atoms with Crippen LogP contribution in [0, 0.1) is 17.8 Å². The summed E-state index contributed by atoms with van der Waals surface area (Å²) in [6.07, 6.45) is 6.56. The van der Waals surface area contributed by atoms with Gasteiger partial charge in [-0.15, -0.1) is 0 Å². The normalized spacial score (nSPS) is 37.0. The lowest BCUT2D eigenvalue weighted by atomic mass is 9.96. The number of hydrogen-bond acceptors (Lipinski definition) is 3. The lowest BCUT2D eigenvalue weighted by Gasteiger charge is -2.32. The Hall–Kier alpha value is -0.170. The molecule has 0 aromatic heterocycles. The molecule has 2 aliphatic carbocycles. The molecule has 110 valence electrons. The Morgan fingerprint density at radius 1 is 1.11 bits per heavy atom. The predicted molar refractivity (Wildman–Crippen MR) is 74.6 cm³/mol. The Labute approximate surface area is 116 Å². The number of nitrogens with zero attached hydrogens (tertiary/aromatic N) is 1. The van der Waals surface area contributed by atoms with Crippen LogP contribution in [0.2, 0.25) is 0 Å². The van der Waals surface area contributed by atoms with Crippen LogP contribution in [-0.2, 0) is 10.2 Å². The third-order valence-corrected chi connectivity index (χ3v) is 6.93. The van der Waals surface area contributed by atoms with Crippen molar-refractivity contribution >= 4 is 10.2 Å². The predicted octanol–water partition coefficient (Wildman–Crippen LogP) is 0.680. The zero-order valence-electron chi connectivity index (χ0n) is 11.4. The average Bonchev–Trinajstić information content (AvgIpc) is 3.00. The molecule has 3 fully saturated rings. The first-order valence-corrected chi connectivity index (χ1v) is 9.00. The third-order valence-electron chi connectivity index (χ3n) is 5.29. The maximum atomic E-state index is 12.4. The van der Waals surface area contributed by atoms with E-state index in [4.69, 9.17) is 5.73 Å². The van der Waals surface area contributed by atoms with Gasteiger partial charge in [-0.2, -0.15) is 17.4 Å². The summed E-state index contributed by atoms with van der Waals surface area (Å²) in [5.74, 6) is 1.84. The van der Waals surface area contributed by atoms with Crippen molar-refractivity contribution in [3.63, 3.8) is 0 Å². The molecule has 19 heavy (non-hydrogen) atoms. The van der Waals surface area contributed by atoms with Crippen LogP contribution in [0.4, 0.5) is 0 Å². The first kappa shape index (κ1) is 13.8. The summed E-state index contributed by atoms with van der Waals surface area (Å²) < 4.78 is 29.4. The van der Waals surface area contributed by atoms with Crippen LogP contribution in [0.25, 0.3) is 0 Å². The van der Waals surface area contributed by atoms with Crippen molar-refractivity contribution in [2.75, 3.05) is 19.6 Å². The zero-order valence-corrected chi connectivity index (χ0v) is 12.2. The monoisotopic (exact) mass is 287 g/mol. The molecule has 5 nitrogen and oxygen atoms in total. The molecular weight excluding hydrogens is 262 g/mol. The zero-order chi connectivity index (χ0) is 13.5. The van der Waals surface area contributed by atoms with Crippen LogP contribution in [-0.4, -0.2) is 38.4 Å². The van der Waals surface area contributed by atoms with Crippen LogP contribution in [0.1, 0.15) is 38.5 Å². The van der Waals surface area contributed by atoms with Crippen LogP contribution in [0.5, 0.6) is 0 Å². The summed E-state index contributed by atoms with van der Waals surface area (Å²) in [5.41, 5.74) is 5.65. The van der Waals surface area contributed by atoms with Crippen LogP contribution >= 0.6 is 0 Å². The fraction of sp³-hybridized carbons (Fsp3) is 1.00. The number of hydrogen-bond donors (Lipinski definition) is 2. The van der Waals surface area contributed by atoms with Crippen molar-refractivity contribution in [2.24, 2.45) is 23.5 Å². The fourth-order valence-electron chi connectivity index (χ4n) is 4.04. The van der Waals surface area contributed by atoms with Gasteiger partial charge < -0.3 is 5.73 Å². The minimum Gasteiger partial charge on any atom is -0.330 e. The van der Waals surface area contributed by atoms with E-state index in [1.165, 1.54) is 19.3 Å². The highest BCUT2D eigenvalue weighted by Crippen LogP contribution is 2.44. The molecule has 1 saturated heterocycles. The molecule has 2 saturated carbocycles. The molecule has 2 bridgehead atoms. The maximum absolute atomic E-state index is 12.4. The lowest BCUT2D eigenvalue weighted by molar-refractivity contribution is 0.271. The summed E-state index contributed by atoms with van der Waals surface area (Å²) in [7, 11) is -3.28. The molecule has 1 aliphatic heterocycles. The van der Waals surface area contributed by atoms with Crippen LogP contribution in [0.15, 0.2) is 0 Å². The van der Waals surface area contributed by atoms with Gasteiger partial charge in [0.25, 0.3) is 10.2 Å². The molecule has 0 radical (unpaired) electrons. The van der Waals surface area contributed by atoms with Crippen molar-refractivity contribution in [2.45, 2.75) is 44.6 Å². The molecule has 0 amide bonds. The molecule has 3 rings (SSSR count). The van der Waals surface area contributed by atoms with E-state index in [0.29, 0.717) is 31.5 Å². The molecule has 3 N–H and O–H groups in total. The second-order valence-corrected chi connectivity index (χ2v) is 8.18. The van der Waals surface area contributed by atoms with Gasteiger partial charge in [0.05, 0.1) is 0 Å². The quantitative estimate of drug-likeness (QED) is 0.798. The number of fused-ring (bicyclic) bond motifs is 2. The highest BCUT2D eigenvalue weighted by atomic mass is 32.2. The number of rotatable bonds is 4. The van der Waals surface area contributed by atoms with Gasteiger partial charge in [0, 0.05) is 19.1 Å². The van der Waals surface area contributed by atoms with E-state index in [0.717, 1.165) is 25.2 Å². The van der Waals surface area contributed by atoms with Crippen LogP contribution < -0.4 is 10.5 Å². The summed E-state index contributed by atoms with van der Waals surface area (Å²) >= 11 is 0. The highest BCUT2D eigenvalue weighted by Gasteiger charge is 2.42. The number of piperidine rings is 1. The van der Waals surface area contributed by atoms with Gasteiger partial charge in [-0.1, -0.05) is 6.42 Å². The Bertz CT molecular complexity index is 418. The Balaban J connectivity index is 1.57. The van der Waals surface area contributed by atoms with Gasteiger partial charge >= 0.3 is 0 Å². The first-order chi connectivity index (χ1) is 9.08. The molecule has 0 aromatic rings. The van der Waals surface area contributed by atoms with Crippen molar-refractivity contribution in [1.82, 2.24) is 9.03 Å². The molecule has 0 spiro atoms. The van der Waals surface area contributed by atoms with E-state index in [1.54, 1.807) is 4.31 Å². The number of nitrogens with two attached hydrogens (primary N) is 1. The Morgan fingerprint density at radius 2 is 1.84 bits per heavy atom. The van der Waals surface area contributed by atoms with E-state index in [-0.39, 0.29) is 6.04 Å². The minimum atomic E-state index is -3.28. The Kier molecular flexibility index (Phi) is 3.86. The highest BCUT2D eigenvalue weighted by molar-refractivity contribution is 7.87. The van der Waals surface area contributed by atoms with Crippen molar-refractivity contribution in [1.29, 1.82) is 0 Å². The van der Waals surface area contributed by atoms with E-state index in [1.807, 2.05) is 0 Å². The van der Waals surface area contributed by atoms with Gasteiger partial charge in [0.2, 0.25) is 0 Å². The molecule has 6 heteroatoms. The molecule has 1 heterocycles. The van der Waals surface area contributed by atoms with Crippen molar-refractivity contribution < 1.29 is 8.42 Å². The van der Waals surface area contributed by atoms with Crippen LogP contribution in [0.3, 0.4) is 0 Å². The molecule has 0 aromatic carbocycles. The van der Waals surface area contributed by atoms with E-state index >= 15 is 0 Å². The first-order valence-electron chi connectivity index (χ1n) is 7.56. The molecular formula is C13H25N3O2S. The molecule has 3 atom stereocenters. The van der Waals surface area contributed by atoms with Gasteiger partial charge in [0.1, 0.15) is 0 Å².